The zero-order valence-corrected chi connectivity index (χ0v) is 14.0. The summed E-state index contributed by atoms with van der Waals surface area (Å²) in [5.74, 6) is 1.48. The second kappa shape index (κ2) is 6.75. The molecule has 2 aliphatic rings. The van der Waals surface area contributed by atoms with Gasteiger partial charge in [0.15, 0.2) is 0 Å². The summed E-state index contributed by atoms with van der Waals surface area (Å²) in [6.45, 7) is 4.28. The maximum absolute atomic E-state index is 12.3. The molecule has 0 aliphatic heterocycles. The van der Waals surface area contributed by atoms with Gasteiger partial charge in [0.2, 0.25) is 5.91 Å². The summed E-state index contributed by atoms with van der Waals surface area (Å²) in [4.78, 5) is 14.3. The van der Waals surface area contributed by atoms with Gasteiger partial charge in [-0.25, -0.2) is 0 Å². The molecule has 0 atom stereocenters. The molecule has 124 valence electrons. The Hall–Kier alpha value is -1.81. The highest BCUT2D eigenvalue weighted by atomic mass is 16.5. The van der Waals surface area contributed by atoms with Crippen molar-refractivity contribution in [1.29, 1.82) is 0 Å². The monoisotopic (exact) mass is 315 g/mol. The summed E-state index contributed by atoms with van der Waals surface area (Å²) >= 11 is 0. The predicted molar refractivity (Wildman–Crippen MR) is 89.5 cm³/mol. The normalized spacial score (nSPS) is 23.0. The summed E-state index contributed by atoms with van der Waals surface area (Å²) in [5, 5.41) is 0. The van der Waals surface area contributed by atoms with Gasteiger partial charge >= 0.3 is 0 Å². The summed E-state index contributed by atoms with van der Waals surface area (Å²) in [7, 11) is 3.41. The van der Waals surface area contributed by atoms with Crippen LogP contribution in [0.3, 0.4) is 0 Å². The molecule has 2 aliphatic carbocycles. The molecule has 1 aromatic rings. The van der Waals surface area contributed by atoms with Gasteiger partial charge < -0.3 is 14.4 Å². The van der Waals surface area contributed by atoms with E-state index in [0.29, 0.717) is 12.5 Å². The van der Waals surface area contributed by atoms with E-state index in [-0.39, 0.29) is 18.1 Å². The fourth-order valence-electron chi connectivity index (χ4n) is 3.31. The fraction of sp³-hybridized carbons (Fsp3) is 0.526. The largest absolute Gasteiger partial charge is 0.497 e. The average molecular weight is 315 g/mol. The molecule has 0 unspecified atom stereocenters. The molecule has 0 heterocycles. The summed E-state index contributed by atoms with van der Waals surface area (Å²) in [5.41, 5.74) is 2.55. The Balaban J connectivity index is 1.81. The lowest BCUT2D eigenvalue weighted by Crippen LogP contribution is -2.49. The SMILES string of the molecule is C=CC(=O)N(Cc1cc(OC)ccc1C1CC1)C1CC(OC)C1. The minimum Gasteiger partial charge on any atom is -0.497 e. The Kier molecular flexibility index (Phi) is 4.71. The molecule has 0 N–H and O–H groups in total. The van der Waals surface area contributed by atoms with Crippen molar-refractivity contribution in [3.8, 4) is 5.75 Å². The number of benzene rings is 1. The van der Waals surface area contributed by atoms with Gasteiger partial charge in [0.25, 0.3) is 0 Å². The van der Waals surface area contributed by atoms with Gasteiger partial charge in [-0.15, -0.1) is 0 Å². The highest BCUT2D eigenvalue weighted by molar-refractivity contribution is 5.87. The maximum atomic E-state index is 12.3. The first-order valence-electron chi connectivity index (χ1n) is 8.29. The summed E-state index contributed by atoms with van der Waals surface area (Å²) < 4.78 is 10.7. The van der Waals surface area contributed by atoms with Crippen molar-refractivity contribution >= 4 is 5.91 Å². The van der Waals surface area contributed by atoms with E-state index in [0.717, 1.165) is 18.6 Å². The van der Waals surface area contributed by atoms with Crippen LogP contribution in [0.15, 0.2) is 30.9 Å². The molecule has 2 fully saturated rings. The second-order valence-corrected chi connectivity index (χ2v) is 6.49. The lowest BCUT2D eigenvalue weighted by molar-refractivity contribution is -0.134. The van der Waals surface area contributed by atoms with Gasteiger partial charge in [-0.05, 0) is 60.9 Å². The van der Waals surface area contributed by atoms with Gasteiger partial charge in [0.1, 0.15) is 5.75 Å². The predicted octanol–water partition coefficient (Wildman–Crippen LogP) is 3.26. The first-order chi connectivity index (χ1) is 11.2. The van der Waals surface area contributed by atoms with E-state index in [9.17, 15) is 4.79 Å². The number of nitrogens with zero attached hydrogens (tertiary/aromatic N) is 1. The van der Waals surface area contributed by atoms with E-state index in [4.69, 9.17) is 9.47 Å². The lowest BCUT2D eigenvalue weighted by atomic mass is 9.87. The third kappa shape index (κ3) is 3.42. The van der Waals surface area contributed by atoms with Crippen molar-refractivity contribution < 1.29 is 14.3 Å². The first-order valence-corrected chi connectivity index (χ1v) is 8.29. The van der Waals surface area contributed by atoms with Gasteiger partial charge in [0.05, 0.1) is 13.2 Å². The van der Waals surface area contributed by atoms with Gasteiger partial charge in [-0.3, -0.25) is 4.79 Å². The molecule has 4 heteroatoms. The molecular formula is C19H25NO3. The number of methoxy groups -OCH3 is 2. The molecule has 3 rings (SSSR count). The Morgan fingerprint density at radius 2 is 2.09 bits per heavy atom. The van der Waals surface area contributed by atoms with Crippen LogP contribution < -0.4 is 4.74 Å². The van der Waals surface area contributed by atoms with Crippen LogP contribution in [0.4, 0.5) is 0 Å². The lowest BCUT2D eigenvalue weighted by Gasteiger charge is -2.42. The van der Waals surface area contributed by atoms with Gasteiger partial charge in [-0.1, -0.05) is 12.6 Å². The van der Waals surface area contributed by atoms with Gasteiger partial charge in [-0.2, -0.15) is 0 Å². The Labute approximate surface area is 138 Å². The average Bonchev–Trinajstić information content (AvgIpc) is 3.36. The first kappa shape index (κ1) is 16.1. The maximum Gasteiger partial charge on any atom is 0.246 e. The molecule has 1 amide bonds. The molecule has 0 spiro atoms. The third-order valence-electron chi connectivity index (χ3n) is 5.01. The highest BCUT2D eigenvalue weighted by Gasteiger charge is 2.36. The number of amides is 1. The van der Waals surface area contributed by atoms with Crippen LogP contribution in [-0.2, 0) is 16.1 Å². The Morgan fingerprint density at radius 3 is 2.65 bits per heavy atom. The molecule has 0 saturated heterocycles. The van der Waals surface area contributed by atoms with Crippen molar-refractivity contribution in [3.63, 3.8) is 0 Å². The molecule has 4 nitrogen and oxygen atoms in total. The van der Waals surface area contributed by atoms with Crippen molar-refractivity contribution in [1.82, 2.24) is 4.90 Å². The minimum absolute atomic E-state index is 0.00544. The van der Waals surface area contributed by atoms with E-state index in [2.05, 4.69) is 18.7 Å². The fourth-order valence-corrected chi connectivity index (χ4v) is 3.31. The Morgan fingerprint density at radius 1 is 1.35 bits per heavy atom. The number of hydrogen-bond acceptors (Lipinski definition) is 3. The van der Waals surface area contributed by atoms with Crippen LogP contribution in [0.25, 0.3) is 0 Å². The second-order valence-electron chi connectivity index (χ2n) is 6.49. The van der Waals surface area contributed by atoms with Crippen LogP contribution in [0.2, 0.25) is 0 Å². The van der Waals surface area contributed by atoms with Crippen LogP contribution in [0.1, 0.15) is 42.7 Å². The Bertz CT molecular complexity index is 588. The minimum atomic E-state index is -0.00544. The van der Waals surface area contributed by atoms with Crippen molar-refractivity contribution in [2.45, 2.75) is 50.3 Å². The molecule has 0 bridgehead atoms. The topological polar surface area (TPSA) is 38.8 Å². The van der Waals surface area contributed by atoms with E-state index in [1.165, 1.54) is 30.0 Å². The number of carbonyl (C=O) groups excluding carboxylic acids is 1. The molecule has 23 heavy (non-hydrogen) atoms. The van der Waals surface area contributed by atoms with E-state index in [1.807, 2.05) is 11.0 Å². The van der Waals surface area contributed by atoms with Crippen LogP contribution >= 0.6 is 0 Å². The summed E-state index contributed by atoms with van der Waals surface area (Å²) in [6, 6.07) is 6.48. The third-order valence-corrected chi connectivity index (χ3v) is 5.01. The van der Waals surface area contributed by atoms with Crippen LogP contribution in [0, 0.1) is 0 Å². The number of hydrogen-bond donors (Lipinski definition) is 0. The quantitative estimate of drug-likeness (QED) is 0.725. The number of ether oxygens (including phenoxy) is 2. The number of rotatable bonds is 7. The molecule has 0 aromatic heterocycles. The zero-order chi connectivity index (χ0) is 16.4. The van der Waals surface area contributed by atoms with Crippen LogP contribution in [0.5, 0.6) is 5.75 Å². The van der Waals surface area contributed by atoms with Crippen LogP contribution in [-0.4, -0.2) is 37.2 Å². The number of carbonyl (C=O) groups is 1. The zero-order valence-electron chi connectivity index (χ0n) is 14.0. The van der Waals surface area contributed by atoms with Gasteiger partial charge in [0, 0.05) is 19.7 Å². The van der Waals surface area contributed by atoms with E-state index < -0.39 is 0 Å². The van der Waals surface area contributed by atoms with Crippen molar-refractivity contribution in [2.75, 3.05) is 14.2 Å². The van der Waals surface area contributed by atoms with Crippen molar-refractivity contribution in [2.24, 2.45) is 0 Å². The summed E-state index contributed by atoms with van der Waals surface area (Å²) in [6.07, 6.45) is 5.97. The standard InChI is InChI=1S/C19H25NO3/c1-4-19(21)20(15-10-17(11-15)23-3)12-14-9-16(22-2)7-8-18(14)13-5-6-13/h4,7-9,13,15,17H,1,5-6,10-12H2,2-3H3. The van der Waals surface area contributed by atoms with E-state index >= 15 is 0 Å². The van der Waals surface area contributed by atoms with E-state index in [1.54, 1.807) is 14.2 Å². The van der Waals surface area contributed by atoms with Crippen molar-refractivity contribution in [3.05, 3.63) is 42.0 Å². The molecule has 1 aromatic carbocycles. The smallest absolute Gasteiger partial charge is 0.246 e. The molecule has 0 radical (unpaired) electrons. The molecular weight excluding hydrogens is 290 g/mol. The highest BCUT2D eigenvalue weighted by Crippen LogP contribution is 2.43. The molecule has 2 saturated carbocycles.